The summed E-state index contributed by atoms with van der Waals surface area (Å²) in [6.45, 7) is 1.64. The minimum Gasteiger partial charge on any atom is -0.468 e. The number of hydrogen-bond donors (Lipinski definition) is 1. The summed E-state index contributed by atoms with van der Waals surface area (Å²) >= 11 is 0. The number of fused-ring (bicyclic) bond motifs is 5. The normalized spacial score (nSPS) is 22.5. The first-order valence-electron chi connectivity index (χ1n) is 11.3. The number of nitrogens with one attached hydrogen (secondary N) is 1. The van der Waals surface area contributed by atoms with Crippen molar-refractivity contribution in [1.82, 2.24) is 9.88 Å². The van der Waals surface area contributed by atoms with Crippen molar-refractivity contribution in [2.45, 2.75) is 31.9 Å². The predicted octanol–water partition coefficient (Wildman–Crippen LogP) is 4.01. The quantitative estimate of drug-likeness (QED) is 0.363. The molecule has 5 rings (SSSR count). The number of carbonyl (C=O) groups is 2. The SMILES string of the molecule is COC(=O)[C@H]1C(=O)N2CCc3c([nH]c4ccccc34)[C@H]2C[C@@H]1CCOCc1ccccc1. The maximum Gasteiger partial charge on any atom is 0.318 e. The van der Waals surface area contributed by atoms with Crippen LogP contribution in [0, 0.1) is 11.8 Å². The van der Waals surface area contributed by atoms with Crippen LogP contribution in [0.4, 0.5) is 0 Å². The van der Waals surface area contributed by atoms with Gasteiger partial charge in [0.15, 0.2) is 0 Å². The lowest BCUT2D eigenvalue weighted by molar-refractivity contribution is -0.163. The number of ether oxygens (including phenoxy) is 2. The first-order chi connectivity index (χ1) is 15.7. The van der Waals surface area contributed by atoms with Gasteiger partial charge >= 0.3 is 5.97 Å². The molecule has 0 spiro atoms. The van der Waals surface area contributed by atoms with Gasteiger partial charge in [-0.15, -0.1) is 0 Å². The lowest BCUT2D eigenvalue weighted by atomic mass is 9.76. The number of carbonyl (C=O) groups excluding carboxylic acids is 2. The molecule has 0 aliphatic carbocycles. The molecule has 0 unspecified atom stereocenters. The molecule has 166 valence electrons. The van der Waals surface area contributed by atoms with Crippen molar-refractivity contribution in [2.24, 2.45) is 11.8 Å². The van der Waals surface area contributed by atoms with Gasteiger partial charge < -0.3 is 19.4 Å². The van der Waals surface area contributed by atoms with Crippen LogP contribution in [0.25, 0.3) is 10.9 Å². The van der Waals surface area contributed by atoms with Crippen LogP contribution in [0.5, 0.6) is 0 Å². The molecule has 6 nitrogen and oxygen atoms in total. The van der Waals surface area contributed by atoms with Crippen molar-refractivity contribution >= 4 is 22.8 Å². The van der Waals surface area contributed by atoms with E-state index in [1.165, 1.54) is 18.1 Å². The maximum atomic E-state index is 13.4. The van der Waals surface area contributed by atoms with Crippen LogP contribution in [-0.2, 0) is 32.1 Å². The number of aromatic nitrogens is 1. The van der Waals surface area contributed by atoms with E-state index in [2.05, 4.69) is 23.2 Å². The number of methoxy groups -OCH3 is 1. The first kappa shape index (κ1) is 20.8. The lowest BCUT2D eigenvalue weighted by Crippen LogP contribution is -2.52. The van der Waals surface area contributed by atoms with Gasteiger partial charge in [-0.25, -0.2) is 0 Å². The smallest absolute Gasteiger partial charge is 0.318 e. The first-order valence-corrected chi connectivity index (χ1v) is 11.3. The molecule has 2 aromatic carbocycles. The van der Waals surface area contributed by atoms with Gasteiger partial charge in [0.25, 0.3) is 0 Å². The highest BCUT2D eigenvalue weighted by atomic mass is 16.5. The van der Waals surface area contributed by atoms with E-state index >= 15 is 0 Å². The van der Waals surface area contributed by atoms with Crippen LogP contribution >= 0.6 is 0 Å². The number of rotatable bonds is 6. The summed E-state index contributed by atoms with van der Waals surface area (Å²) < 4.78 is 10.9. The third-order valence-electron chi connectivity index (χ3n) is 6.90. The van der Waals surface area contributed by atoms with Crippen LogP contribution in [0.3, 0.4) is 0 Å². The summed E-state index contributed by atoms with van der Waals surface area (Å²) in [6, 6.07) is 18.3. The Hall–Kier alpha value is -3.12. The highest BCUT2D eigenvalue weighted by Gasteiger charge is 2.48. The number of hydrogen-bond acceptors (Lipinski definition) is 4. The Bertz CT molecular complexity index is 1120. The monoisotopic (exact) mass is 432 g/mol. The average molecular weight is 433 g/mol. The molecule has 1 saturated heterocycles. The molecule has 0 radical (unpaired) electrons. The Morgan fingerprint density at radius 3 is 2.72 bits per heavy atom. The number of esters is 1. The summed E-state index contributed by atoms with van der Waals surface area (Å²) in [6.07, 6.45) is 2.15. The Morgan fingerprint density at radius 2 is 1.91 bits per heavy atom. The van der Waals surface area contributed by atoms with Crippen molar-refractivity contribution in [2.75, 3.05) is 20.3 Å². The number of nitrogens with zero attached hydrogens (tertiary/aromatic N) is 1. The minimum atomic E-state index is -0.762. The van der Waals surface area contributed by atoms with E-state index in [9.17, 15) is 9.59 Å². The topological polar surface area (TPSA) is 71.6 Å². The van der Waals surface area contributed by atoms with Crippen molar-refractivity contribution in [3.8, 4) is 0 Å². The second-order valence-electron chi connectivity index (χ2n) is 8.68. The molecule has 1 fully saturated rings. The molecule has 1 aromatic heterocycles. The van der Waals surface area contributed by atoms with Crippen LogP contribution in [0.2, 0.25) is 0 Å². The molecule has 32 heavy (non-hydrogen) atoms. The van der Waals surface area contributed by atoms with Gasteiger partial charge in [0.2, 0.25) is 5.91 Å². The number of H-pyrrole nitrogens is 1. The zero-order valence-corrected chi connectivity index (χ0v) is 18.3. The Kier molecular flexibility index (Phi) is 5.70. The summed E-state index contributed by atoms with van der Waals surface area (Å²) in [4.78, 5) is 31.4. The van der Waals surface area contributed by atoms with Gasteiger partial charge in [0.1, 0.15) is 5.92 Å². The fourth-order valence-electron chi connectivity index (χ4n) is 5.33. The van der Waals surface area contributed by atoms with Crippen molar-refractivity contribution < 1.29 is 19.1 Å². The molecule has 3 atom stereocenters. The Morgan fingerprint density at radius 1 is 1.12 bits per heavy atom. The third-order valence-corrected chi connectivity index (χ3v) is 6.90. The molecular weight excluding hydrogens is 404 g/mol. The highest BCUT2D eigenvalue weighted by Crippen LogP contribution is 2.44. The maximum absolute atomic E-state index is 13.4. The van der Waals surface area contributed by atoms with E-state index < -0.39 is 11.9 Å². The van der Waals surface area contributed by atoms with E-state index in [-0.39, 0.29) is 17.9 Å². The molecule has 1 amide bonds. The van der Waals surface area contributed by atoms with E-state index in [0.717, 1.165) is 29.6 Å². The van der Waals surface area contributed by atoms with Gasteiger partial charge in [-0.1, -0.05) is 48.5 Å². The van der Waals surface area contributed by atoms with Crippen LogP contribution in [0.15, 0.2) is 54.6 Å². The van der Waals surface area contributed by atoms with Crippen molar-refractivity contribution in [3.63, 3.8) is 0 Å². The van der Waals surface area contributed by atoms with Crippen molar-refractivity contribution in [3.05, 3.63) is 71.4 Å². The van der Waals surface area contributed by atoms with Gasteiger partial charge in [-0.05, 0) is 42.4 Å². The van der Waals surface area contributed by atoms with E-state index in [4.69, 9.17) is 9.47 Å². The number of piperidine rings is 1. The van der Waals surface area contributed by atoms with E-state index in [1.807, 2.05) is 41.3 Å². The molecule has 1 N–H and O–H groups in total. The van der Waals surface area contributed by atoms with Gasteiger partial charge in [0, 0.05) is 29.7 Å². The predicted molar refractivity (Wildman–Crippen MR) is 121 cm³/mol. The van der Waals surface area contributed by atoms with Crippen LogP contribution in [-0.4, -0.2) is 42.0 Å². The molecular formula is C26H28N2O4. The van der Waals surface area contributed by atoms with Gasteiger partial charge in [0.05, 0.1) is 19.8 Å². The standard InChI is InChI=1S/C26H28N2O4/c1-31-26(30)23-18(12-14-32-16-17-7-3-2-4-8-17)15-22-24-20(11-13-28(22)25(23)29)19-9-5-6-10-21(19)27-24/h2-10,18,22-23,27H,11-16H2,1H3/t18-,22+,23+/m0/s1. The molecule has 0 bridgehead atoms. The molecule has 6 heteroatoms. The van der Waals surface area contributed by atoms with Crippen LogP contribution in [0.1, 0.15) is 35.7 Å². The fourth-order valence-corrected chi connectivity index (χ4v) is 5.33. The average Bonchev–Trinajstić information content (AvgIpc) is 3.21. The number of amides is 1. The van der Waals surface area contributed by atoms with Gasteiger partial charge in [-0.2, -0.15) is 0 Å². The van der Waals surface area contributed by atoms with Gasteiger partial charge in [-0.3, -0.25) is 9.59 Å². The molecule has 3 heterocycles. The summed E-state index contributed by atoms with van der Waals surface area (Å²) in [5, 5.41) is 1.23. The number of para-hydroxylation sites is 1. The molecule has 2 aliphatic heterocycles. The fraction of sp³-hybridized carbons (Fsp3) is 0.385. The summed E-state index contributed by atoms with van der Waals surface area (Å²) in [7, 11) is 1.36. The van der Waals surface area contributed by atoms with E-state index in [0.29, 0.717) is 26.2 Å². The lowest BCUT2D eigenvalue weighted by Gasteiger charge is -2.45. The second-order valence-corrected chi connectivity index (χ2v) is 8.68. The highest BCUT2D eigenvalue weighted by molar-refractivity contribution is 5.99. The second kappa shape index (κ2) is 8.79. The third kappa shape index (κ3) is 3.69. The number of aromatic amines is 1. The zero-order chi connectivity index (χ0) is 22.1. The van der Waals surface area contributed by atoms with Crippen molar-refractivity contribution in [1.29, 1.82) is 0 Å². The Labute approximate surface area is 187 Å². The minimum absolute atomic E-state index is 0.0429. The molecule has 0 saturated carbocycles. The summed E-state index contributed by atoms with van der Waals surface area (Å²) in [5.41, 5.74) is 4.62. The zero-order valence-electron chi connectivity index (χ0n) is 18.3. The van der Waals surface area contributed by atoms with E-state index in [1.54, 1.807) is 0 Å². The number of benzene rings is 2. The summed E-state index contributed by atoms with van der Waals surface area (Å²) in [5.74, 6) is -1.44. The largest absolute Gasteiger partial charge is 0.468 e. The molecule has 2 aliphatic rings. The molecule has 3 aromatic rings. The van der Waals surface area contributed by atoms with Crippen LogP contribution < -0.4 is 0 Å². The Balaban J connectivity index is 1.36.